The lowest BCUT2D eigenvalue weighted by atomic mass is 9.74. The summed E-state index contributed by atoms with van der Waals surface area (Å²) in [5, 5.41) is 21.4. The van der Waals surface area contributed by atoms with Gasteiger partial charge in [0.2, 0.25) is 0 Å². The number of hydrogen-bond acceptors (Lipinski definition) is 6. The van der Waals surface area contributed by atoms with Crippen LogP contribution in [0.15, 0.2) is 12.7 Å². The highest BCUT2D eigenvalue weighted by Crippen LogP contribution is 2.45. The number of aliphatic hydroxyl groups is 2. The van der Waals surface area contributed by atoms with E-state index in [0.717, 1.165) is 12.8 Å². The lowest BCUT2D eigenvalue weighted by molar-refractivity contribution is -0.305. The fraction of sp³-hybridized carbons (Fsp3) is 0.895. The number of aliphatic hydroxyl groups excluding tert-OH is 1. The van der Waals surface area contributed by atoms with E-state index in [1.54, 1.807) is 6.08 Å². The highest BCUT2D eigenvalue weighted by molar-refractivity contribution is 8.17. The number of rotatable bonds is 5. The Hall–Kier alpha value is 0.280. The molecule has 3 heterocycles. The van der Waals surface area contributed by atoms with Gasteiger partial charge < -0.3 is 19.7 Å². The van der Waals surface area contributed by atoms with Crippen LogP contribution in [0.2, 0.25) is 0 Å². The minimum absolute atomic E-state index is 0.167. The highest BCUT2D eigenvalue weighted by Gasteiger charge is 2.55. The minimum atomic E-state index is -0.943. The summed E-state index contributed by atoms with van der Waals surface area (Å²) in [5.74, 6) is 2.49. The third-order valence-corrected chi connectivity index (χ3v) is 8.76. The smallest absolute Gasteiger partial charge is 0.0949 e. The van der Waals surface area contributed by atoms with Gasteiger partial charge in [-0.2, -0.15) is 0 Å². The van der Waals surface area contributed by atoms with Crippen molar-refractivity contribution in [3.63, 3.8) is 0 Å². The second kappa shape index (κ2) is 8.11. The molecule has 0 saturated carbocycles. The normalized spacial score (nSPS) is 45.8. The number of thioether (sulfide) groups is 2. The maximum Gasteiger partial charge on any atom is 0.0949 e. The molecule has 6 atom stereocenters. The van der Waals surface area contributed by atoms with Gasteiger partial charge in [0, 0.05) is 12.8 Å². The number of hydrogen-bond donors (Lipinski definition) is 2. The molecule has 3 saturated heterocycles. The zero-order chi connectivity index (χ0) is 18.1. The largest absolute Gasteiger partial charge is 0.390 e. The lowest BCUT2D eigenvalue weighted by Crippen LogP contribution is -2.65. The Bertz CT molecular complexity index is 466. The fourth-order valence-corrected chi connectivity index (χ4v) is 7.26. The summed E-state index contributed by atoms with van der Waals surface area (Å²) in [6.07, 6.45) is 5.60. The molecule has 3 rings (SSSR count). The van der Waals surface area contributed by atoms with Gasteiger partial charge in [-0.1, -0.05) is 6.08 Å². The van der Waals surface area contributed by atoms with Crippen LogP contribution in [0.4, 0.5) is 0 Å². The van der Waals surface area contributed by atoms with Crippen LogP contribution in [0.5, 0.6) is 0 Å². The topological polar surface area (TPSA) is 58.9 Å². The second-order valence-corrected chi connectivity index (χ2v) is 11.0. The number of fused-ring (bicyclic) bond motifs is 1. The van der Waals surface area contributed by atoms with E-state index < -0.39 is 17.3 Å². The van der Waals surface area contributed by atoms with Crippen molar-refractivity contribution in [2.75, 3.05) is 11.5 Å². The molecule has 0 aromatic rings. The fourth-order valence-electron chi connectivity index (χ4n) is 4.36. The van der Waals surface area contributed by atoms with Crippen molar-refractivity contribution in [1.29, 1.82) is 0 Å². The molecule has 0 amide bonds. The molecule has 0 aromatic heterocycles. The zero-order valence-electron chi connectivity index (χ0n) is 15.4. The Morgan fingerprint density at radius 1 is 1.24 bits per heavy atom. The third-order valence-electron chi connectivity index (χ3n) is 5.68. The van der Waals surface area contributed by atoms with E-state index in [0.29, 0.717) is 23.8 Å². The summed E-state index contributed by atoms with van der Waals surface area (Å²) in [6, 6.07) is 0. The molecule has 25 heavy (non-hydrogen) atoms. The summed E-state index contributed by atoms with van der Waals surface area (Å²) < 4.78 is 13.1. The van der Waals surface area contributed by atoms with Crippen LogP contribution in [0.25, 0.3) is 0 Å². The van der Waals surface area contributed by atoms with Crippen LogP contribution in [0.1, 0.15) is 52.4 Å². The Morgan fingerprint density at radius 2 is 1.96 bits per heavy atom. The molecule has 0 radical (unpaired) electrons. The summed E-state index contributed by atoms with van der Waals surface area (Å²) >= 11 is 4.06. The molecule has 3 aliphatic heterocycles. The molecule has 0 aromatic carbocycles. The van der Waals surface area contributed by atoms with Crippen molar-refractivity contribution in [3.8, 4) is 0 Å². The van der Waals surface area contributed by atoms with E-state index >= 15 is 0 Å². The lowest BCUT2D eigenvalue weighted by Gasteiger charge is -2.55. The van der Waals surface area contributed by atoms with Gasteiger partial charge in [0.15, 0.2) is 0 Å². The van der Waals surface area contributed by atoms with Crippen molar-refractivity contribution in [2.24, 2.45) is 0 Å². The molecular weight excluding hydrogens is 356 g/mol. The Morgan fingerprint density at radius 3 is 2.64 bits per heavy atom. The maximum atomic E-state index is 10.8. The average molecular weight is 389 g/mol. The van der Waals surface area contributed by atoms with Gasteiger partial charge in [0.25, 0.3) is 0 Å². The van der Waals surface area contributed by atoms with Gasteiger partial charge in [-0.3, -0.25) is 0 Å². The van der Waals surface area contributed by atoms with Gasteiger partial charge >= 0.3 is 0 Å². The SMILES string of the molecule is C=CC[C@H]1O[C@H]2C[C@@H](O)[C@H](CCC3SCCCS3)O[C@]2(C)C[C@]1(C)O. The molecule has 2 N–H and O–H groups in total. The van der Waals surface area contributed by atoms with E-state index in [1.165, 1.54) is 17.9 Å². The van der Waals surface area contributed by atoms with Crippen LogP contribution in [0, 0.1) is 0 Å². The second-order valence-electron chi connectivity index (χ2n) is 8.05. The van der Waals surface area contributed by atoms with Crippen molar-refractivity contribution >= 4 is 23.5 Å². The van der Waals surface area contributed by atoms with Crippen LogP contribution < -0.4 is 0 Å². The summed E-state index contributed by atoms with van der Waals surface area (Å²) in [7, 11) is 0. The molecule has 6 heteroatoms. The predicted octanol–water partition coefficient (Wildman–Crippen LogP) is 3.36. The van der Waals surface area contributed by atoms with E-state index in [9.17, 15) is 10.2 Å². The van der Waals surface area contributed by atoms with Gasteiger partial charge in [0.1, 0.15) is 0 Å². The van der Waals surface area contributed by atoms with Crippen molar-refractivity contribution in [1.82, 2.24) is 0 Å². The highest BCUT2D eigenvalue weighted by atomic mass is 32.2. The van der Waals surface area contributed by atoms with E-state index in [2.05, 4.69) is 6.58 Å². The zero-order valence-corrected chi connectivity index (χ0v) is 17.0. The molecule has 0 unspecified atom stereocenters. The van der Waals surface area contributed by atoms with E-state index in [4.69, 9.17) is 9.47 Å². The molecule has 3 fully saturated rings. The molecule has 3 aliphatic rings. The molecule has 144 valence electrons. The summed E-state index contributed by atoms with van der Waals surface area (Å²) in [4.78, 5) is 0. The summed E-state index contributed by atoms with van der Waals surface area (Å²) in [6.45, 7) is 7.61. The Balaban J connectivity index is 1.62. The molecular formula is C19H32O4S2. The van der Waals surface area contributed by atoms with Crippen LogP contribution in [-0.2, 0) is 9.47 Å². The quantitative estimate of drug-likeness (QED) is 0.705. The van der Waals surface area contributed by atoms with Crippen LogP contribution >= 0.6 is 23.5 Å². The van der Waals surface area contributed by atoms with Gasteiger partial charge in [-0.15, -0.1) is 30.1 Å². The average Bonchev–Trinajstić information content (AvgIpc) is 2.56. The van der Waals surface area contributed by atoms with E-state index in [-0.39, 0.29) is 18.3 Å². The number of ether oxygens (including phenoxy) is 2. The Labute approximate surface area is 160 Å². The van der Waals surface area contributed by atoms with Gasteiger partial charge in [-0.05, 0) is 51.0 Å². The minimum Gasteiger partial charge on any atom is -0.390 e. The van der Waals surface area contributed by atoms with Crippen molar-refractivity contribution in [2.45, 2.75) is 92.6 Å². The molecule has 0 aliphatic carbocycles. The van der Waals surface area contributed by atoms with Gasteiger partial charge in [0.05, 0.1) is 40.2 Å². The third kappa shape index (κ3) is 4.58. The summed E-state index contributed by atoms with van der Waals surface area (Å²) in [5.41, 5.74) is -1.49. The first-order valence-electron chi connectivity index (χ1n) is 9.42. The first-order chi connectivity index (χ1) is 11.8. The first-order valence-corrected chi connectivity index (χ1v) is 11.5. The predicted molar refractivity (Wildman–Crippen MR) is 105 cm³/mol. The van der Waals surface area contributed by atoms with E-state index in [1.807, 2.05) is 37.4 Å². The first kappa shape index (κ1) is 20.0. The van der Waals surface area contributed by atoms with Crippen LogP contribution in [0.3, 0.4) is 0 Å². The van der Waals surface area contributed by atoms with Crippen molar-refractivity contribution in [3.05, 3.63) is 12.7 Å². The van der Waals surface area contributed by atoms with Crippen molar-refractivity contribution < 1.29 is 19.7 Å². The maximum absolute atomic E-state index is 10.8. The monoisotopic (exact) mass is 388 g/mol. The molecule has 0 bridgehead atoms. The van der Waals surface area contributed by atoms with Crippen LogP contribution in [-0.4, -0.2) is 61.9 Å². The molecule has 4 nitrogen and oxygen atoms in total. The Kier molecular flexibility index (Phi) is 6.50. The molecule has 0 spiro atoms. The standard InChI is InChI=1S/C19H32O4S2/c1-4-6-15-18(2,21)12-19(3)16(22-15)11-13(20)14(23-19)7-8-17-24-9-5-10-25-17/h4,13-17,20-21H,1,5-12H2,2-3H3/t13-,14+,15-,16+,18+,19-/m1/s1. The van der Waals surface area contributed by atoms with Gasteiger partial charge in [-0.25, -0.2) is 0 Å².